The summed E-state index contributed by atoms with van der Waals surface area (Å²) in [6.07, 6.45) is 77.7. The number of carbonyl (C=O) groups excluding carboxylic acids is 4. The smallest absolute Gasteiger partial charge is 0.462 e. The number of unbranched alkanes of at least 4 members (excludes halogenated alkanes) is 22. The first kappa shape index (κ1) is 93.2. The maximum atomic E-state index is 13.1. The van der Waals surface area contributed by atoms with Crippen molar-refractivity contribution < 1.29 is 80.2 Å². The van der Waals surface area contributed by atoms with Crippen molar-refractivity contribution in [2.24, 2.45) is 0 Å². The van der Waals surface area contributed by atoms with Crippen LogP contribution in [-0.2, 0) is 65.4 Å². The Morgan fingerprint density at radius 3 is 0.939 bits per heavy atom. The minimum absolute atomic E-state index is 0.0626. The normalized spacial score (nSPS) is 14.7. The van der Waals surface area contributed by atoms with Gasteiger partial charge >= 0.3 is 39.5 Å². The molecule has 17 nitrogen and oxygen atoms in total. The quantitative estimate of drug-likeness (QED) is 0.0169. The van der Waals surface area contributed by atoms with Crippen LogP contribution in [0.3, 0.4) is 0 Å². The molecule has 0 fully saturated rings. The monoisotopic (exact) mass is 1410 g/mol. The second-order valence-electron chi connectivity index (χ2n) is 24.5. The van der Waals surface area contributed by atoms with Crippen LogP contribution < -0.4 is 0 Å². The van der Waals surface area contributed by atoms with E-state index in [1.54, 1.807) is 6.08 Å². The molecule has 0 bridgehead atoms. The molecule has 5 unspecified atom stereocenters. The molecule has 0 aliphatic rings. The van der Waals surface area contributed by atoms with Gasteiger partial charge in [0.1, 0.15) is 19.3 Å². The van der Waals surface area contributed by atoms with Crippen molar-refractivity contribution in [2.45, 2.75) is 303 Å². The van der Waals surface area contributed by atoms with Crippen LogP contribution in [0.5, 0.6) is 0 Å². The lowest BCUT2D eigenvalue weighted by molar-refractivity contribution is -0.161. The third-order valence-electron chi connectivity index (χ3n) is 15.1. The third-order valence-corrected chi connectivity index (χ3v) is 17.0. The molecule has 19 heteroatoms. The molecule has 0 saturated carbocycles. The molecule has 0 aromatic carbocycles. The van der Waals surface area contributed by atoms with Crippen LogP contribution in [0.4, 0.5) is 0 Å². The second kappa shape index (κ2) is 70.6. The molecule has 0 radical (unpaired) electrons. The van der Waals surface area contributed by atoms with E-state index in [4.69, 9.17) is 37.0 Å². The molecule has 3 N–H and O–H groups in total. The van der Waals surface area contributed by atoms with E-state index >= 15 is 0 Å². The Labute approximate surface area is 593 Å². The van der Waals surface area contributed by atoms with E-state index in [0.717, 1.165) is 141 Å². The Morgan fingerprint density at radius 1 is 0.306 bits per heavy atom. The molecule has 0 spiro atoms. The second-order valence-corrected chi connectivity index (χ2v) is 27.4. The van der Waals surface area contributed by atoms with E-state index in [-0.39, 0.29) is 25.7 Å². The van der Waals surface area contributed by atoms with E-state index in [2.05, 4.69) is 137 Å². The number of rotatable bonds is 69. The van der Waals surface area contributed by atoms with Gasteiger partial charge in [-0.2, -0.15) is 0 Å². The van der Waals surface area contributed by atoms with Gasteiger partial charge in [-0.15, -0.1) is 0 Å². The van der Waals surface area contributed by atoms with Crippen molar-refractivity contribution in [1.29, 1.82) is 0 Å². The van der Waals surface area contributed by atoms with Crippen LogP contribution in [-0.4, -0.2) is 96.7 Å². The fourth-order valence-corrected chi connectivity index (χ4v) is 11.1. The Morgan fingerprint density at radius 2 is 0.571 bits per heavy atom. The lowest BCUT2D eigenvalue weighted by Gasteiger charge is -2.21. The first-order valence-electron chi connectivity index (χ1n) is 37.4. The third kappa shape index (κ3) is 69.7. The van der Waals surface area contributed by atoms with E-state index < -0.39 is 97.5 Å². The number of phosphoric acid groups is 2. The predicted molar refractivity (Wildman–Crippen MR) is 399 cm³/mol. The average molecular weight is 1420 g/mol. The zero-order valence-corrected chi connectivity index (χ0v) is 62.7. The van der Waals surface area contributed by atoms with Gasteiger partial charge in [0.15, 0.2) is 12.2 Å². The van der Waals surface area contributed by atoms with Gasteiger partial charge in [0.2, 0.25) is 0 Å². The molecule has 0 saturated heterocycles. The number of carbonyl (C=O) groups is 4. The molecular formula is C79H132O17P2. The summed E-state index contributed by atoms with van der Waals surface area (Å²) in [7, 11) is -9.98. The van der Waals surface area contributed by atoms with Gasteiger partial charge in [0, 0.05) is 19.3 Å². The highest BCUT2D eigenvalue weighted by atomic mass is 31.2. The van der Waals surface area contributed by atoms with Crippen LogP contribution >= 0.6 is 15.6 Å². The zero-order valence-electron chi connectivity index (χ0n) is 60.9. The van der Waals surface area contributed by atoms with Crippen LogP contribution in [0.2, 0.25) is 0 Å². The first-order valence-corrected chi connectivity index (χ1v) is 40.4. The summed E-state index contributed by atoms with van der Waals surface area (Å²) in [6.45, 7) is 4.45. The number of hydrogen-bond donors (Lipinski definition) is 3. The summed E-state index contributed by atoms with van der Waals surface area (Å²) in [5, 5.41) is 10.6. The largest absolute Gasteiger partial charge is 0.472 e. The Balaban J connectivity index is 5.41. The minimum Gasteiger partial charge on any atom is -0.462 e. The lowest BCUT2D eigenvalue weighted by atomic mass is 10.1. The van der Waals surface area contributed by atoms with Gasteiger partial charge in [0.05, 0.1) is 32.8 Å². The van der Waals surface area contributed by atoms with E-state index in [9.17, 15) is 43.2 Å². The standard InChI is InChI=1S/C79H132O17P2/c1-5-9-13-17-21-25-29-32-34-35-36-37-39-42-45-48-52-56-60-64-77(82)89-69-74(95-78(83)65-61-57-53-49-43-28-24-20-16-12-8-4)71-93-97(85,86)91-67-73(80)68-92-98(87,88)94-72-75(96-79(84)66-62-58-54-50-46-40-31-27-23-19-15-11-7-3)70-90-76(81)63-59-55-51-47-44-41-38-33-30-26-22-18-14-10-6-2/h9-10,13-14,21-22,25-27,31-34,36-38,42,44-45,47,55,59,73-75,80H,5-8,11-12,15-20,23-24,28-30,35,39-41,43,46,48-54,56-58,60-72H2,1-4H3,(H,85,86)(H,87,88)/b13-9-,14-10-,25-21-,26-22-,31-27-,34-32-,37-36-,38-33-,45-42-,47-44-,59-55-. The summed E-state index contributed by atoms with van der Waals surface area (Å²) >= 11 is 0. The van der Waals surface area contributed by atoms with Crippen molar-refractivity contribution >= 4 is 39.5 Å². The number of allylic oxidation sites excluding steroid dienone is 21. The molecule has 0 aromatic heterocycles. The lowest BCUT2D eigenvalue weighted by Crippen LogP contribution is -2.30. The molecular weight excluding hydrogens is 1280 g/mol. The van der Waals surface area contributed by atoms with Crippen molar-refractivity contribution in [1.82, 2.24) is 0 Å². The highest BCUT2D eigenvalue weighted by Gasteiger charge is 2.30. The topological polar surface area (TPSA) is 237 Å². The first-order chi connectivity index (χ1) is 47.7. The number of ether oxygens (including phenoxy) is 4. The van der Waals surface area contributed by atoms with Gasteiger partial charge < -0.3 is 33.8 Å². The molecule has 0 rings (SSSR count). The van der Waals surface area contributed by atoms with Crippen molar-refractivity contribution in [3.8, 4) is 0 Å². The van der Waals surface area contributed by atoms with Crippen LogP contribution in [0.1, 0.15) is 285 Å². The maximum Gasteiger partial charge on any atom is 0.472 e. The molecule has 98 heavy (non-hydrogen) atoms. The SMILES string of the molecule is CC/C=C\C/C=C\C/C=C\C/C=C\C/C=C\CCCCCC(=O)OCC(COP(=O)(O)OCC(O)COP(=O)(O)OCC(COC(=O)C/C=C\C/C=C\C/C=C\C/C=C\C/C=C\CC)OC(=O)CCCCCCC/C=C\CCCCCC)OC(=O)CCCCCCCCCCCCC. The summed E-state index contributed by atoms with van der Waals surface area (Å²) in [5.74, 6) is -2.37. The van der Waals surface area contributed by atoms with E-state index in [0.29, 0.717) is 25.7 Å². The zero-order chi connectivity index (χ0) is 71.8. The summed E-state index contributed by atoms with van der Waals surface area (Å²) in [4.78, 5) is 72.7. The van der Waals surface area contributed by atoms with Crippen LogP contribution in [0.15, 0.2) is 134 Å². The van der Waals surface area contributed by atoms with E-state index in [1.165, 1.54) is 64.2 Å². The van der Waals surface area contributed by atoms with Crippen molar-refractivity contribution in [2.75, 3.05) is 39.6 Å². The Kier molecular flexibility index (Phi) is 67.2. The number of hydrogen-bond acceptors (Lipinski definition) is 15. The Bertz CT molecular complexity index is 2380. The molecule has 0 aliphatic carbocycles. The van der Waals surface area contributed by atoms with Gasteiger partial charge in [-0.05, 0) is 122 Å². The average Bonchev–Trinajstić information content (AvgIpc) is 1.00. The predicted octanol–water partition coefficient (Wildman–Crippen LogP) is 21.3. The van der Waals surface area contributed by atoms with Gasteiger partial charge in [0.25, 0.3) is 0 Å². The highest BCUT2D eigenvalue weighted by molar-refractivity contribution is 7.47. The number of aliphatic hydroxyl groups is 1. The van der Waals surface area contributed by atoms with E-state index in [1.807, 2.05) is 18.2 Å². The Hall–Kier alpha value is -4.80. The maximum absolute atomic E-state index is 13.1. The number of phosphoric ester groups is 2. The van der Waals surface area contributed by atoms with Gasteiger partial charge in [-0.3, -0.25) is 37.3 Å². The summed E-state index contributed by atoms with van der Waals surface area (Å²) in [5.41, 5.74) is 0. The number of esters is 4. The van der Waals surface area contributed by atoms with Crippen molar-refractivity contribution in [3.63, 3.8) is 0 Å². The van der Waals surface area contributed by atoms with Crippen LogP contribution in [0.25, 0.3) is 0 Å². The van der Waals surface area contributed by atoms with Crippen molar-refractivity contribution in [3.05, 3.63) is 134 Å². The molecule has 0 aromatic rings. The fraction of sp³-hybridized carbons (Fsp3) is 0.671. The molecule has 0 amide bonds. The number of aliphatic hydroxyl groups excluding tert-OH is 1. The molecule has 560 valence electrons. The summed E-state index contributed by atoms with van der Waals surface area (Å²) in [6, 6.07) is 0. The highest BCUT2D eigenvalue weighted by Crippen LogP contribution is 2.45. The van der Waals surface area contributed by atoms with Crippen LogP contribution in [0, 0.1) is 0 Å². The fourth-order valence-electron chi connectivity index (χ4n) is 9.49. The summed E-state index contributed by atoms with van der Waals surface area (Å²) < 4.78 is 68.2. The molecule has 0 aliphatic heterocycles. The van der Waals surface area contributed by atoms with Gasteiger partial charge in [-0.1, -0.05) is 271 Å². The molecule has 0 heterocycles. The minimum atomic E-state index is -5.00. The van der Waals surface area contributed by atoms with Gasteiger partial charge in [-0.25, -0.2) is 9.13 Å². The molecule has 5 atom stereocenters.